The monoisotopic (exact) mass is 486 g/mol. The average Bonchev–Trinajstić information content (AvgIpc) is 3.28. The van der Waals surface area contributed by atoms with Gasteiger partial charge in [-0.1, -0.05) is 6.07 Å². The normalized spacial score (nSPS) is 17.3. The third kappa shape index (κ3) is 5.27. The summed E-state index contributed by atoms with van der Waals surface area (Å²) in [4.78, 5) is 18.5. The van der Waals surface area contributed by atoms with Crippen LogP contribution < -0.4 is 15.5 Å². The van der Waals surface area contributed by atoms with Crippen molar-refractivity contribution in [2.75, 3.05) is 48.8 Å². The van der Waals surface area contributed by atoms with Gasteiger partial charge in [-0.25, -0.2) is 9.97 Å². The van der Waals surface area contributed by atoms with Crippen LogP contribution in [0.5, 0.6) is 0 Å². The molecule has 0 unspecified atom stereocenters. The first-order chi connectivity index (χ1) is 17.5. The summed E-state index contributed by atoms with van der Waals surface area (Å²) >= 11 is 0. The van der Waals surface area contributed by atoms with Crippen molar-refractivity contribution in [2.45, 2.75) is 32.5 Å². The minimum atomic E-state index is -0.296. The van der Waals surface area contributed by atoms with Gasteiger partial charge in [-0.05, 0) is 50.2 Å². The molecule has 4 heterocycles. The minimum absolute atomic E-state index is 0.296. The third-order valence-electron chi connectivity index (χ3n) is 6.72. The van der Waals surface area contributed by atoms with Gasteiger partial charge in [0, 0.05) is 80.2 Å². The number of anilines is 4. The van der Waals surface area contributed by atoms with Gasteiger partial charge in [0.05, 0.1) is 12.6 Å². The Labute approximate surface area is 211 Å². The lowest BCUT2D eigenvalue weighted by Crippen LogP contribution is -2.53. The molecular formula is C27H34N8O. The van der Waals surface area contributed by atoms with Crippen molar-refractivity contribution in [3.8, 4) is 0 Å². The van der Waals surface area contributed by atoms with E-state index in [1.807, 2.05) is 38.5 Å². The predicted octanol–water partition coefficient (Wildman–Crippen LogP) is 3.55. The molecule has 2 atom stereocenters. The van der Waals surface area contributed by atoms with E-state index in [0.717, 1.165) is 54.3 Å². The number of aromatic nitrogens is 4. The third-order valence-corrected chi connectivity index (χ3v) is 6.72. The molecule has 1 aliphatic heterocycles. The molecular weight excluding hydrogens is 452 g/mol. The zero-order valence-corrected chi connectivity index (χ0v) is 21.1. The highest BCUT2D eigenvalue weighted by Crippen LogP contribution is 2.24. The van der Waals surface area contributed by atoms with E-state index in [-0.39, 0.29) is 6.10 Å². The number of nitrogens with zero attached hydrogens (tertiary/aromatic N) is 6. The largest absolute Gasteiger partial charge is 0.392 e. The van der Waals surface area contributed by atoms with Crippen LogP contribution >= 0.6 is 0 Å². The summed E-state index contributed by atoms with van der Waals surface area (Å²) in [5.41, 5.74) is 4.12. The lowest BCUT2D eigenvalue weighted by molar-refractivity contribution is 0.0960. The van der Waals surface area contributed by atoms with Crippen LogP contribution in [0.3, 0.4) is 0 Å². The zero-order valence-electron chi connectivity index (χ0n) is 21.1. The van der Waals surface area contributed by atoms with Crippen molar-refractivity contribution in [3.63, 3.8) is 0 Å². The van der Waals surface area contributed by atoms with Crippen molar-refractivity contribution in [1.82, 2.24) is 24.4 Å². The van der Waals surface area contributed by atoms with Crippen LogP contribution in [-0.2, 0) is 6.54 Å². The maximum absolute atomic E-state index is 9.73. The lowest BCUT2D eigenvalue weighted by atomic mass is 10.1. The molecule has 1 fully saturated rings. The van der Waals surface area contributed by atoms with Crippen LogP contribution in [0.2, 0.25) is 0 Å². The van der Waals surface area contributed by atoms with Gasteiger partial charge in [-0.3, -0.25) is 4.90 Å². The average molecular weight is 487 g/mol. The molecule has 9 nitrogen and oxygen atoms in total. The maximum Gasteiger partial charge on any atom is 0.229 e. The number of fused-ring (bicyclic) bond motifs is 1. The number of hydrogen-bond acceptors (Lipinski definition) is 8. The summed E-state index contributed by atoms with van der Waals surface area (Å²) in [6, 6.07) is 14.9. The number of aliphatic hydroxyl groups excluding tert-OH is 1. The highest BCUT2D eigenvalue weighted by molar-refractivity contribution is 5.77. The van der Waals surface area contributed by atoms with Crippen LogP contribution in [-0.4, -0.2) is 74.9 Å². The summed E-state index contributed by atoms with van der Waals surface area (Å²) in [5.74, 6) is 1.43. The molecule has 0 spiro atoms. The first kappa shape index (κ1) is 24.0. The van der Waals surface area contributed by atoms with E-state index in [4.69, 9.17) is 4.98 Å². The molecule has 188 valence electrons. The number of β-amino-alcohol motifs (C(OH)–C–C–N with tert-alkyl or cyclic N) is 1. The summed E-state index contributed by atoms with van der Waals surface area (Å²) in [6.07, 6.45) is 5.38. The van der Waals surface area contributed by atoms with Gasteiger partial charge in [0.2, 0.25) is 5.95 Å². The van der Waals surface area contributed by atoms with Crippen LogP contribution in [0.15, 0.2) is 61.1 Å². The number of benzene rings is 1. The van der Waals surface area contributed by atoms with E-state index in [9.17, 15) is 5.11 Å². The fraction of sp³-hybridized carbons (Fsp3) is 0.370. The number of aliphatic hydroxyl groups is 1. The van der Waals surface area contributed by atoms with Crippen molar-refractivity contribution in [2.24, 2.45) is 0 Å². The van der Waals surface area contributed by atoms with E-state index >= 15 is 0 Å². The molecule has 1 saturated heterocycles. The van der Waals surface area contributed by atoms with Gasteiger partial charge in [-0.2, -0.15) is 4.98 Å². The van der Waals surface area contributed by atoms with Gasteiger partial charge < -0.3 is 25.2 Å². The van der Waals surface area contributed by atoms with Crippen LogP contribution in [0.1, 0.15) is 19.4 Å². The molecule has 1 aliphatic rings. The highest BCUT2D eigenvalue weighted by atomic mass is 16.3. The van der Waals surface area contributed by atoms with Gasteiger partial charge in [0.15, 0.2) is 0 Å². The molecule has 3 N–H and O–H groups in total. The molecule has 0 aliphatic carbocycles. The SMILES string of the molecule is CNc1ncccc1Cn1ccc2cnc(Nc3ccc(N4CCN(C[C@@H](C)O)[C@@H](C)C4)cc3)nc21. The van der Waals surface area contributed by atoms with E-state index in [1.165, 1.54) is 5.69 Å². The quantitative estimate of drug-likeness (QED) is 0.348. The summed E-state index contributed by atoms with van der Waals surface area (Å²) in [5, 5.41) is 17.2. The predicted molar refractivity (Wildman–Crippen MR) is 145 cm³/mol. The molecule has 3 aromatic heterocycles. The summed E-state index contributed by atoms with van der Waals surface area (Å²) < 4.78 is 2.11. The Balaban J connectivity index is 1.27. The number of nitrogens with one attached hydrogen (secondary N) is 2. The first-order valence-electron chi connectivity index (χ1n) is 12.5. The molecule has 36 heavy (non-hydrogen) atoms. The molecule has 0 bridgehead atoms. The molecule has 0 radical (unpaired) electrons. The van der Waals surface area contributed by atoms with Gasteiger partial charge in [-0.15, -0.1) is 0 Å². The number of pyridine rings is 1. The maximum atomic E-state index is 9.73. The molecule has 5 rings (SSSR count). The van der Waals surface area contributed by atoms with Crippen LogP contribution in [0, 0.1) is 0 Å². The molecule has 0 saturated carbocycles. The Morgan fingerprint density at radius 3 is 2.69 bits per heavy atom. The molecule has 4 aromatic rings. The smallest absolute Gasteiger partial charge is 0.229 e. The van der Waals surface area contributed by atoms with Gasteiger partial charge in [0.25, 0.3) is 0 Å². The zero-order chi connectivity index (χ0) is 25.1. The fourth-order valence-electron chi connectivity index (χ4n) is 4.86. The fourth-order valence-corrected chi connectivity index (χ4v) is 4.86. The van der Waals surface area contributed by atoms with Crippen molar-refractivity contribution in [1.29, 1.82) is 0 Å². The molecule has 0 amide bonds. The second-order valence-corrected chi connectivity index (χ2v) is 9.49. The topological polar surface area (TPSA) is 94.4 Å². The highest BCUT2D eigenvalue weighted by Gasteiger charge is 2.24. The van der Waals surface area contributed by atoms with Gasteiger partial charge in [0.1, 0.15) is 11.5 Å². The summed E-state index contributed by atoms with van der Waals surface area (Å²) in [7, 11) is 1.88. The summed E-state index contributed by atoms with van der Waals surface area (Å²) in [6.45, 7) is 8.32. The van der Waals surface area contributed by atoms with Crippen LogP contribution in [0.25, 0.3) is 11.0 Å². The van der Waals surface area contributed by atoms with E-state index < -0.39 is 0 Å². The van der Waals surface area contributed by atoms with Crippen molar-refractivity contribution >= 4 is 34.2 Å². The number of hydrogen-bond donors (Lipinski definition) is 3. The Bertz CT molecular complexity index is 1300. The Hall–Kier alpha value is -3.69. The Morgan fingerprint density at radius 2 is 1.94 bits per heavy atom. The Morgan fingerprint density at radius 1 is 1.11 bits per heavy atom. The van der Waals surface area contributed by atoms with E-state index in [2.05, 4.69) is 72.2 Å². The van der Waals surface area contributed by atoms with Gasteiger partial charge >= 0.3 is 0 Å². The Kier molecular flexibility index (Phi) is 7.02. The second kappa shape index (κ2) is 10.5. The second-order valence-electron chi connectivity index (χ2n) is 9.49. The molecule has 9 heteroatoms. The van der Waals surface area contributed by atoms with Crippen molar-refractivity contribution in [3.05, 3.63) is 66.6 Å². The van der Waals surface area contributed by atoms with Crippen LogP contribution in [0.4, 0.5) is 23.1 Å². The molecule has 1 aromatic carbocycles. The van der Waals surface area contributed by atoms with E-state index in [0.29, 0.717) is 18.5 Å². The number of piperazine rings is 1. The minimum Gasteiger partial charge on any atom is -0.392 e. The van der Waals surface area contributed by atoms with E-state index in [1.54, 1.807) is 6.20 Å². The van der Waals surface area contributed by atoms with Crippen molar-refractivity contribution < 1.29 is 5.11 Å². The standard InChI is InChI=1S/C27H34N8O/c1-19-16-34(14-13-33(19)17-20(2)36)24-8-6-23(7-9-24)31-27-30-15-21-10-12-35(26(21)32-27)18-22-5-4-11-29-25(22)28-3/h4-12,15,19-20,36H,13-14,16-18H2,1-3H3,(H,28,29)(H,30,31,32)/t19-,20+/m0/s1. The lowest BCUT2D eigenvalue weighted by Gasteiger charge is -2.41. The number of rotatable bonds is 8. The first-order valence-corrected chi connectivity index (χ1v) is 12.5.